The van der Waals surface area contributed by atoms with Crippen LogP contribution in [-0.4, -0.2) is 17.9 Å². The van der Waals surface area contributed by atoms with Crippen LogP contribution in [0.1, 0.15) is 46.5 Å². The first-order valence-electron chi connectivity index (χ1n) is 13.3. The highest BCUT2D eigenvalue weighted by Crippen LogP contribution is 2.81. The van der Waals surface area contributed by atoms with Crippen molar-refractivity contribution in [2.24, 2.45) is 88.8 Å². The molecule has 7 fully saturated rings. The first-order chi connectivity index (χ1) is 15.4. The molecule has 32 heavy (non-hydrogen) atoms. The maximum atomic E-state index is 12.5. The molecule has 16 atom stereocenters. The molecule has 0 saturated heterocycles. The number of fused-ring (bicyclic) bond motifs is 23. The number of hydrogen-bond acceptors (Lipinski definition) is 4. The predicted molar refractivity (Wildman–Crippen MR) is 117 cm³/mol. The van der Waals surface area contributed by atoms with Gasteiger partial charge in [0.1, 0.15) is 11.7 Å². The number of allylic oxidation sites excluding steroid dienone is 2. The largest absolute Gasteiger partial charge is 0.509 e. The lowest BCUT2D eigenvalue weighted by Gasteiger charge is -2.51. The third-order valence-corrected chi connectivity index (χ3v) is 12.1. The minimum atomic E-state index is -0.579. The lowest BCUT2D eigenvalue weighted by atomic mass is 9.54. The van der Waals surface area contributed by atoms with Crippen LogP contribution in [0.25, 0.3) is 0 Å². The fraction of sp³-hybridized carbons (Fsp3) is 0.857. The molecule has 8 rings (SSSR count). The zero-order chi connectivity index (χ0) is 21.7. The van der Waals surface area contributed by atoms with E-state index in [0.717, 1.165) is 71.5 Å². The van der Waals surface area contributed by atoms with Crippen molar-refractivity contribution in [3.05, 3.63) is 12.2 Å². The van der Waals surface area contributed by atoms with Crippen LogP contribution in [0.3, 0.4) is 0 Å². The van der Waals surface area contributed by atoms with Crippen LogP contribution >= 0.6 is 0 Å². The Bertz CT molecular complexity index is 959. The molecule has 0 spiro atoms. The van der Waals surface area contributed by atoms with Gasteiger partial charge in [0, 0.05) is 5.92 Å². The Morgan fingerprint density at radius 2 is 1.28 bits per heavy atom. The second-order valence-corrected chi connectivity index (χ2v) is 13.8. The lowest BCUT2D eigenvalue weighted by Crippen LogP contribution is -2.50. The number of nitrogens with zero attached hydrogens (tertiary/aromatic N) is 1. The standard InChI is InChI=1S/C28H35NO3/c1-28(2,3)32-27(30)31-26-18-7-13(19(26)10-29)22-16-9-17(25(18)22)24-15-8-14(23(16)24)20-11-4-5-12(6-11)21(15)20/h4-5,11-26H,6-9H2,1-3H3. The molecule has 8 bridgehead atoms. The fourth-order valence-electron chi connectivity index (χ4n) is 12.2. The van der Waals surface area contributed by atoms with Gasteiger partial charge < -0.3 is 9.47 Å². The van der Waals surface area contributed by atoms with Gasteiger partial charge in [-0.2, -0.15) is 5.26 Å². The van der Waals surface area contributed by atoms with Gasteiger partial charge in [0.25, 0.3) is 0 Å². The first-order valence-corrected chi connectivity index (χ1v) is 13.3. The number of rotatable bonds is 1. The molecule has 0 radical (unpaired) electrons. The van der Waals surface area contributed by atoms with E-state index in [4.69, 9.17) is 9.47 Å². The van der Waals surface area contributed by atoms with Crippen LogP contribution in [0.2, 0.25) is 0 Å². The van der Waals surface area contributed by atoms with Crippen molar-refractivity contribution in [1.29, 1.82) is 5.26 Å². The number of hydrogen-bond donors (Lipinski definition) is 0. The Kier molecular flexibility index (Phi) is 3.40. The Hall–Kier alpha value is -1.50. The van der Waals surface area contributed by atoms with E-state index in [1.165, 1.54) is 19.3 Å². The van der Waals surface area contributed by atoms with Crippen molar-refractivity contribution < 1.29 is 14.3 Å². The zero-order valence-electron chi connectivity index (χ0n) is 19.4. The van der Waals surface area contributed by atoms with Crippen molar-refractivity contribution in [3.8, 4) is 6.07 Å². The Labute approximate surface area is 191 Å². The van der Waals surface area contributed by atoms with Gasteiger partial charge in [-0.1, -0.05) is 12.2 Å². The summed E-state index contributed by atoms with van der Waals surface area (Å²) in [5.41, 5.74) is -0.562. The van der Waals surface area contributed by atoms with Crippen molar-refractivity contribution in [3.63, 3.8) is 0 Å². The maximum Gasteiger partial charge on any atom is 0.509 e. The number of carbonyl (C=O) groups excluding carboxylic acids is 1. The third kappa shape index (κ3) is 2.05. The van der Waals surface area contributed by atoms with Gasteiger partial charge in [-0.05, 0) is 123 Å². The third-order valence-electron chi connectivity index (χ3n) is 12.1. The van der Waals surface area contributed by atoms with Gasteiger partial charge in [-0.15, -0.1) is 0 Å². The molecule has 0 aromatic rings. The predicted octanol–water partition coefficient (Wildman–Crippen LogP) is 5.30. The molecule has 8 aliphatic carbocycles. The smallest absolute Gasteiger partial charge is 0.429 e. The highest BCUT2D eigenvalue weighted by molar-refractivity contribution is 5.61. The van der Waals surface area contributed by atoms with Gasteiger partial charge >= 0.3 is 6.16 Å². The molecular formula is C28H35NO3. The SMILES string of the molecule is CC(C)(C)OC(=O)OC1C(C#N)C2CC1C1C3CC(C21)C1C2CC(C4C5C=CC(C5)C24)C31. The minimum Gasteiger partial charge on any atom is -0.429 e. The van der Waals surface area contributed by atoms with Crippen molar-refractivity contribution in [2.45, 2.75) is 58.2 Å². The molecule has 0 aliphatic heterocycles. The molecule has 16 unspecified atom stereocenters. The fourth-order valence-corrected chi connectivity index (χ4v) is 12.2. The van der Waals surface area contributed by atoms with E-state index in [9.17, 15) is 10.1 Å². The van der Waals surface area contributed by atoms with E-state index in [1.807, 2.05) is 20.8 Å². The van der Waals surface area contributed by atoms with Gasteiger partial charge in [0.05, 0.1) is 12.0 Å². The maximum absolute atomic E-state index is 12.5. The summed E-state index contributed by atoms with van der Waals surface area (Å²) in [6.45, 7) is 5.61. The summed E-state index contributed by atoms with van der Waals surface area (Å²) >= 11 is 0. The van der Waals surface area contributed by atoms with E-state index in [1.54, 1.807) is 0 Å². The second kappa shape index (κ2) is 5.76. The van der Waals surface area contributed by atoms with Gasteiger partial charge in [0.2, 0.25) is 0 Å². The van der Waals surface area contributed by atoms with E-state index < -0.39 is 11.8 Å². The molecule has 4 nitrogen and oxygen atoms in total. The summed E-state index contributed by atoms with van der Waals surface area (Å²) in [6, 6.07) is 2.60. The van der Waals surface area contributed by atoms with Crippen molar-refractivity contribution in [2.75, 3.05) is 0 Å². The lowest BCUT2D eigenvalue weighted by molar-refractivity contribution is -0.0859. The highest BCUT2D eigenvalue weighted by Gasteiger charge is 2.77. The van der Waals surface area contributed by atoms with Crippen molar-refractivity contribution >= 4 is 6.16 Å². The van der Waals surface area contributed by atoms with E-state index in [0.29, 0.717) is 17.8 Å². The van der Waals surface area contributed by atoms with Crippen molar-refractivity contribution in [1.82, 2.24) is 0 Å². The van der Waals surface area contributed by atoms with Crippen LogP contribution in [0, 0.1) is 100 Å². The average molecular weight is 434 g/mol. The molecule has 7 saturated carbocycles. The molecule has 0 N–H and O–H groups in total. The molecule has 4 heteroatoms. The van der Waals surface area contributed by atoms with Gasteiger partial charge in [-0.3, -0.25) is 0 Å². The van der Waals surface area contributed by atoms with Crippen LogP contribution in [0.15, 0.2) is 12.2 Å². The zero-order valence-corrected chi connectivity index (χ0v) is 19.4. The number of ether oxygens (including phenoxy) is 2. The first kappa shape index (κ1) is 18.9. The molecular weight excluding hydrogens is 398 g/mol. The Balaban J connectivity index is 1.09. The van der Waals surface area contributed by atoms with E-state index in [-0.39, 0.29) is 12.0 Å². The summed E-state index contributed by atoms with van der Waals surface area (Å²) < 4.78 is 11.4. The number of nitriles is 1. The molecule has 8 aliphatic rings. The quantitative estimate of drug-likeness (QED) is 0.320. The molecule has 0 amide bonds. The second-order valence-electron chi connectivity index (χ2n) is 13.8. The number of carbonyl (C=O) groups is 1. The average Bonchev–Trinajstić information content (AvgIpc) is 3.56. The Morgan fingerprint density at radius 3 is 1.84 bits per heavy atom. The van der Waals surface area contributed by atoms with Gasteiger partial charge in [0.15, 0.2) is 0 Å². The van der Waals surface area contributed by atoms with Crippen LogP contribution in [0.4, 0.5) is 4.79 Å². The molecule has 0 aromatic carbocycles. The van der Waals surface area contributed by atoms with E-state index >= 15 is 0 Å². The van der Waals surface area contributed by atoms with Crippen LogP contribution in [0.5, 0.6) is 0 Å². The Morgan fingerprint density at radius 1 is 0.781 bits per heavy atom. The molecule has 170 valence electrons. The van der Waals surface area contributed by atoms with Crippen LogP contribution < -0.4 is 0 Å². The summed E-state index contributed by atoms with van der Waals surface area (Å²) in [6.07, 6.45) is 9.75. The minimum absolute atomic E-state index is 0.136. The van der Waals surface area contributed by atoms with E-state index in [2.05, 4.69) is 18.2 Å². The van der Waals surface area contributed by atoms with Crippen LogP contribution in [-0.2, 0) is 9.47 Å². The molecule has 0 heterocycles. The highest BCUT2D eigenvalue weighted by atomic mass is 16.7. The monoisotopic (exact) mass is 433 g/mol. The normalized spacial score (nSPS) is 61.1. The van der Waals surface area contributed by atoms with Gasteiger partial charge in [-0.25, -0.2) is 4.79 Å². The summed E-state index contributed by atoms with van der Waals surface area (Å²) in [5.74, 6) is 11.3. The summed E-state index contributed by atoms with van der Waals surface area (Å²) in [7, 11) is 0. The molecule has 0 aromatic heterocycles. The summed E-state index contributed by atoms with van der Waals surface area (Å²) in [5, 5.41) is 10.1. The topological polar surface area (TPSA) is 59.3 Å². The summed E-state index contributed by atoms with van der Waals surface area (Å²) in [4.78, 5) is 12.5.